The minimum Gasteiger partial charge on any atom is -0.481 e. The van der Waals surface area contributed by atoms with Gasteiger partial charge in [-0.3, -0.25) is 9.89 Å². The average molecular weight is 339 g/mol. The number of H-pyrrole nitrogens is 1. The van der Waals surface area contributed by atoms with Crippen LogP contribution in [0.25, 0.3) is 0 Å². The van der Waals surface area contributed by atoms with E-state index >= 15 is 0 Å². The van der Waals surface area contributed by atoms with E-state index in [0.717, 1.165) is 0 Å². The van der Waals surface area contributed by atoms with Gasteiger partial charge < -0.3 is 9.67 Å². The van der Waals surface area contributed by atoms with E-state index in [2.05, 4.69) is 15.2 Å². The van der Waals surface area contributed by atoms with Crippen molar-refractivity contribution < 1.29 is 18.3 Å². The van der Waals surface area contributed by atoms with Gasteiger partial charge in [-0.1, -0.05) is 0 Å². The van der Waals surface area contributed by atoms with E-state index in [-0.39, 0.29) is 18.0 Å². The largest absolute Gasteiger partial charge is 0.481 e. The van der Waals surface area contributed by atoms with Crippen LogP contribution in [0.15, 0.2) is 23.6 Å². The van der Waals surface area contributed by atoms with Crippen LogP contribution in [0.5, 0.6) is 0 Å². The molecular weight excluding hydrogens is 322 g/mol. The summed E-state index contributed by atoms with van der Waals surface area (Å²) in [5, 5.41) is 15.8. The summed E-state index contributed by atoms with van der Waals surface area (Å²) < 4.78 is 28.4. The molecule has 0 unspecified atom stereocenters. The fourth-order valence-electron chi connectivity index (χ4n) is 2.98. The highest BCUT2D eigenvalue weighted by molar-refractivity contribution is 7.89. The molecule has 1 saturated heterocycles. The predicted octanol–water partition coefficient (Wildman–Crippen LogP) is -0.0595. The number of sulfonamides is 1. The topological polar surface area (TPSA) is 121 Å². The van der Waals surface area contributed by atoms with Crippen molar-refractivity contribution in [3.63, 3.8) is 0 Å². The summed E-state index contributed by atoms with van der Waals surface area (Å²) in [4.78, 5) is 15.6. The molecule has 23 heavy (non-hydrogen) atoms. The minimum absolute atomic E-state index is 0.0713. The van der Waals surface area contributed by atoms with Gasteiger partial charge in [0.1, 0.15) is 4.90 Å². The van der Waals surface area contributed by atoms with Gasteiger partial charge in [-0.25, -0.2) is 13.4 Å². The number of imidazole rings is 1. The number of aryl methyl sites for hydroxylation is 2. The number of nitrogens with zero attached hydrogens (tertiary/aromatic N) is 4. The molecule has 0 saturated carbocycles. The van der Waals surface area contributed by atoms with Crippen molar-refractivity contribution >= 4 is 16.0 Å². The highest BCUT2D eigenvalue weighted by Crippen LogP contribution is 2.35. The Bertz CT molecular complexity index is 840. The van der Waals surface area contributed by atoms with E-state index in [4.69, 9.17) is 0 Å². The second-order valence-corrected chi connectivity index (χ2v) is 7.57. The molecule has 0 amide bonds. The lowest BCUT2D eigenvalue weighted by molar-refractivity contribution is -0.141. The minimum atomic E-state index is -3.78. The average Bonchev–Trinajstić information content (AvgIpc) is 3.16. The second-order valence-electron chi connectivity index (χ2n) is 5.66. The SMILES string of the molecule is Cc1[nH]ncc1S(=O)(=O)N1C[C@H](C(=O)O)[C@@H](c2cncn2C)C1. The van der Waals surface area contributed by atoms with Gasteiger partial charge in [-0.15, -0.1) is 0 Å². The zero-order chi connectivity index (χ0) is 16.8. The first-order chi connectivity index (χ1) is 10.8. The van der Waals surface area contributed by atoms with Crippen LogP contribution in [0, 0.1) is 12.8 Å². The lowest BCUT2D eigenvalue weighted by Crippen LogP contribution is -2.30. The summed E-state index contributed by atoms with van der Waals surface area (Å²) in [6.45, 7) is 1.64. The van der Waals surface area contributed by atoms with Crippen LogP contribution in [0.2, 0.25) is 0 Å². The second kappa shape index (κ2) is 5.46. The Kier molecular flexibility index (Phi) is 3.72. The van der Waals surface area contributed by atoms with E-state index in [0.29, 0.717) is 11.4 Å². The molecule has 2 atom stereocenters. The van der Waals surface area contributed by atoms with Gasteiger partial charge in [0.25, 0.3) is 0 Å². The molecule has 1 aliphatic rings. The Morgan fingerprint density at radius 1 is 1.39 bits per heavy atom. The molecule has 0 aromatic carbocycles. The first-order valence-corrected chi connectivity index (χ1v) is 8.45. The molecule has 10 heteroatoms. The molecule has 1 fully saturated rings. The summed E-state index contributed by atoms with van der Waals surface area (Å²) in [5.41, 5.74) is 1.14. The van der Waals surface area contributed by atoms with E-state index in [1.807, 2.05) is 0 Å². The molecule has 2 aromatic rings. The van der Waals surface area contributed by atoms with Crippen LogP contribution in [0.4, 0.5) is 0 Å². The number of aromatic nitrogens is 4. The molecule has 9 nitrogen and oxygen atoms in total. The van der Waals surface area contributed by atoms with E-state index in [1.165, 1.54) is 10.5 Å². The fraction of sp³-hybridized carbons (Fsp3) is 0.462. The van der Waals surface area contributed by atoms with Gasteiger partial charge >= 0.3 is 5.97 Å². The molecular formula is C13H17N5O4S. The third kappa shape index (κ3) is 2.53. The Morgan fingerprint density at radius 2 is 2.13 bits per heavy atom. The van der Waals surface area contributed by atoms with Gasteiger partial charge in [0, 0.05) is 37.9 Å². The smallest absolute Gasteiger partial charge is 0.308 e. The first-order valence-electron chi connectivity index (χ1n) is 7.01. The number of aromatic amines is 1. The van der Waals surface area contributed by atoms with Crippen molar-refractivity contribution in [2.45, 2.75) is 17.7 Å². The van der Waals surface area contributed by atoms with Crippen LogP contribution in [-0.4, -0.2) is 56.6 Å². The van der Waals surface area contributed by atoms with Gasteiger partial charge in [0.05, 0.1) is 24.1 Å². The third-order valence-corrected chi connectivity index (χ3v) is 6.18. The number of hydrogen-bond acceptors (Lipinski definition) is 5. The predicted molar refractivity (Wildman–Crippen MR) is 79.2 cm³/mol. The molecule has 0 radical (unpaired) electrons. The maximum absolute atomic E-state index is 12.7. The molecule has 0 spiro atoms. The van der Waals surface area contributed by atoms with E-state index < -0.39 is 27.8 Å². The van der Waals surface area contributed by atoms with Crippen LogP contribution >= 0.6 is 0 Å². The van der Waals surface area contributed by atoms with Crippen LogP contribution in [0.3, 0.4) is 0 Å². The fourth-order valence-corrected chi connectivity index (χ4v) is 4.59. The summed E-state index contributed by atoms with van der Waals surface area (Å²) in [6, 6.07) is 0. The third-order valence-electron chi connectivity index (χ3n) is 4.24. The summed E-state index contributed by atoms with van der Waals surface area (Å²) >= 11 is 0. The molecule has 0 aliphatic carbocycles. The van der Waals surface area contributed by atoms with Crippen molar-refractivity contribution in [3.05, 3.63) is 30.1 Å². The molecule has 0 bridgehead atoms. The number of carboxylic acids is 1. The van der Waals surface area contributed by atoms with Gasteiger partial charge in [-0.05, 0) is 6.92 Å². The molecule has 2 N–H and O–H groups in total. The Balaban J connectivity index is 1.97. The van der Waals surface area contributed by atoms with Gasteiger partial charge in [-0.2, -0.15) is 9.40 Å². The Labute approximate surface area is 133 Å². The quantitative estimate of drug-likeness (QED) is 0.805. The summed E-state index contributed by atoms with van der Waals surface area (Å²) in [7, 11) is -2.02. The van der Waals surface area contributed by atoms with Crippen molar-refractivity contribution in [2.24, 2.45) is 13.0 Å². The van der Waals surface area contributed by atoms with E-state index in [9.17, 15) is 18.3 Å². The highest BCUT2D eigenvalue weighted by Gasteiger charge is 2.45. The maximum atomic E-state index is 12.7. The standard InChI is InChI=1S/C13H17N5O4S/c1-8-12(4-15-16-8)23(21,22)18-5-9(10(6-18)13(19)20)11-3-14-7-17(11)2/h3-4,7,9-10H,5-6H2,1-2H3,(H,15,16)(H,19,20)/t9-,10-/m0/s1. The molecule has 3 rings (SSSR count). The van der Waals surface area contributed by atoms with Crippen LogP contribution in [-0.2, 0) is 21.9 Å². The van der Waals surface area contributed by atoms with Crippen molar-refractivity contribution in [1.29, 1.82) is 0 Å². The van der Waals surface area contributed by atoms with Gasteiger partial charge in [0.15, 0.2) is 0 Å². The number of rotatable bonds is 4. The van der Waals surface area contributed by atoms with Gasteiger partial charge in [0.2, 0.25) is 10.0 Å². The summed E-state index contributed by atoms with van der Waals surface area (Å²) in [6.07, 6.45) is 4.41. The Hall–Kier alpha value is -2.20. The monoisotopic (exact) mass is 339 g/mol. The van der Waals surface area contributed by atoms with Crippen molar-refractivity contribution in [3.8, 4) is 0 Å². The number of aliphatic carboxylic acids is 1. The van der Waals surface area contributed by atoms with Crippen molar-refractivity contribution in [1.82, 2.24) is 24.1 Å². The summed E-state index contributed by atoms with van der Waals surface area (Å²) in [5.74, 6) is -2.27. The van der Waals surface area contributed by atoms with Crippen LogP contribution < -0.4 is 0 Å². The van der Waals surface area contributed by atoms with Crippen LogP contribution in [0.1, 0.15) is 17.3 Å². The normalized spacial score (nSPS) is 22.5. The number of carbonyl (C=O) groups is 1. The molecule has 2 aromatic heterocycles. The number of nitrogens with one attached hydrogen (secondary N) is 1. The first kappa shape index (κ1) is 15.7. The number of carboxylic acid groups (broad SMARTS) is 1. The molecule has 3 heterocycles. The lowest BCUT2D eigenvalue weighted by atomic mass is 9.93. The Morgan fingerprint density at radius 3 is 2.65 bits per heavy atom. The molecule has 1 aliphatic heterocycles. The maximum Gasteiger partial charge on any atom is 0.308 e. The number of hydrogen-bond donors (Lipinski definition) is 2. The van der Waals surface area contributed by atoms with Crippen molar-refractivity contribution in [2.75, 3.05) is 13.1 Å². The highest BCUT2D eigenvalue weighted by atomic mass is 32.2. The lowest BCUT2D eigenvalue weighted by Gasteiger charge is -2.16. The zero-order valence-electron chi connectivity index (χ0n) is 12.7. The molecule has 124 valence electrons. The van der Waals surface area contributed by atoms with E-state index in [1.54, 1.807) is 31.1 Å². The zero-order valence-corrected chi connectivity index (χ0v) is 13.5.